The lowest BCUT2D eigenvalue weighted by atomic mass is 10.2. The van der Waals surface area contributed by atoms with E-state index in [2.05, 4.69) is 22.1 Å². The van der Waals surface area contributed by atoms with Crippen LogP contribution in [-0.4, -0.2) is 43.8 Å². The molecule has 0 atom stereocenters. The van der Waals surface area contributed by atoms with E-state index in [0.29, 0.717) is 13.1 Å². The van der Waals surface area contributed by atoms with Gasteiger partial charge in [-0.15, -0.1) is 6.58 Å². The Hall–Kier alpha value is -1.85. The molecule has 0 aliphatic carbocycles. The number of hydrogen-bond donors (Lipinski definition) is 3. The lowest BCUT2D eigenvalue weighted by Gasteiger charge is -2.22. The van der Waals surface area contributed by atoms with Gasteiger partial charge in [0.1, 0.15) is 0 Å². The third-order valence-electron chi connectivity index (χ3n) is 2.84. The third-order valence-corrected chi connectivity index (χ3v) is 2.84. The van der Waals surface area contributed by atoms with Crippen LogP contribution in [-0.2, 0) is 4.79 Å². The lowest BCUT2D eigenvalue weighted by molar-refractivity contribution is -0.115. The minimum Gasteiger partial charge on any atom is -0.395 e. The van der Waals surface area contributed by atoms with Crippen molar-refractivity contribution in [1.82, 2.24) is 5.32 Å². The first-order chi connectivity index (χ1) is 9.71. The summed E-state index contributed by atoms with van der Waals surface area (Å²) < 4.78 is 0. The van der Waals surface area contributed by atoms with Gasteiger partial charge in [0.25, 0.3) is 0 Å². The van der Waals surface area contributed by atoms with Gasteiger partial charge < -0.3 is 20.6 Å². The number of rotatable bonds is 9. The minimum absolute atomic E-state index is 0.0812. The summed E-state index contributed by atoms with van der Waals surface area (Å²) in [7, 11) is 0. The summed E-state index contributed by atoms with van der Waals surface area (Å²) >= 11 is 0. The standard InChI is InChI=1S/C15H23N3O2/c1-3-9-16-12-15(20)17-13-5-7-14(8-6-13)18(4-2)10-11-19/h3,5-8,16,19H,1,4,9-12H2,2H3,(H,17,20). The molecular weight excluding hydrogens is 254 g/mol. The summed E-state index contributed by atoms with van der Waals surface area (Å²) in [6, 6.07) is 7.60. The molecule has 0 spiro atoms. The molecule has 0 unspecified atom stereocenters. The molecule has 0 fully saturated rings. The quantitative estimate of drug-likeness (QED) is 0.469. The van der Waals surface area contributed by atoms with Gasteiger partial charge in [-0.25, -0.2) is 0 Å². The summed E-state index contributed by atoms with van der Waals surface area (Å²) in [5.41, 5.74) is 1.79. The van der Waals surface area contributed by atoms with Crippen LogP contribution in [0.1, 0.15) is 6.92 Å². The minimum atomic E-state index is -0.0812. The van der Waals surface area contributed by atoms with Gasteiger partial charge in [0.15, 0.2) is 0 Å². The zero-order valence-corrected chi connectivity index (χ0v) is 11.9. The molecule has 3 N–H and O–H groups in total. The van der Waals surface area contributed by atoms with E-state index in [4.69, 9.17) is 5.11 Å². The fraction of sp³-hybridized carbons (Fsp3) is 0.400. The highest BCUT2D eigenvalue weighted by molar-refractivity contribution is 5.92. The number of aliphatic hydroxyl groups excluding tert-OH is 1. The predicted octanol–water partition coefficient (Wildman–Crippen LogP) is 1.22. The second-order valence-corrected chi connectivity index (χ2v) is 4.32. The Bertz CT molecular complexity index is 418. The Morgan fingerprint density at radius 2 is 2.10 bits per heavy atom. The van der Waals surface area contributed by atoms with Crippen molar-refractivity contribution in [1.29, 1.82) is 0 Å². The zero-order valence-electron chi connectivity index (χ0n) is 11.9. The Kier molecular flexibility index (Phi) is 7.39. The van der Waals surface area contributed by atoms with Gasteiger partial charge in [-0.05, 0) is 31.2 Å². The summed E-state index contributed by atoms with van der Waals surface area (Å²) in [4.78, 5) is 13.7. The van der Waals surface area contributed by atoms with Crippen molar-refractivity contribution >= 4 is 17.3 Å². The maximum absolute atomic E-state index is 11.6. The van der Waals surface area contributed by atoms with E-state index in [1.165, 1.54) is 0 Å². The van der Waals surface area contributed by atoms with E-state index in [1.807, 2.05) is 31.2 Å². The molecule has 0 aliphatic rings. The molecule has 0 saturated heterocycles. The molecule has 1 aromatic carbocycles. The van der Waals surface area contributed by atoms with Crippen LogP contribution in [0.25, 0.3) is 0 Å². The molecule has 0 heterocycles. The number of amides is 1. The molecule has 0 aliphatic heterocycles. The van der Waals surface area contributed by atoms with E-state index < -0.39 is 0 Å². The van der Waals surface area contributed by atoms with Crippen LogP contribution >= 0.6 is 0 Å². The Morgan fingerprint density at radius 1 is 1.40 bits per heavy atom. The van der Waals surface area contributed by atoms with Gasteiger partial charge in [-0.3, -0.25) is 4.79 Å². The van der Waals surface area contributed by atoms with E-state index in [9.17, 15) is 4.79 Å². The summed E-state index contributed by atoms with van der Waals surface area (Å²) in [6.45, 7) is 8.05. The van der Waals surface area contributed by atoms with Crippen molar-refractivity contribution in [2.75, 3.05) is 43.0 Å². The summed E-state index contributed by atoms with van der Waals surface area (Å²) in [6.07, 6.45) is 1.71. The monoisotopic (exact) mass is 277 g/mol. The first kappa shape index (κ1) is 16.2. The molecule has 1 amide bonds. The number of carbonyl (C=O) groups is 1. The predicted molar refractivity (Wildman–Crippen MR) is 83.1 cm³/mol. The average Bonchev–Trinajstić information content (AvgIpc) is 2.46. The Balaban J connectivity index is 2.53. The molecule has 0 aromatic heterocycles. The van der Waals surface area contributed by atoms with Crippen LogP contribution in [0.15, 0.2) is 36.9 Å². The first-order valence-electron chi connectivity index (χ1n) is 6.78. The van der Waals surface area contributed by atoms with Crippen LogP contribution in [0.2, 0.25) is 0 Å². The summed E-state index contributed by atoms with van der Waals surface area (Å²) in [5, 5.41) is 14.8. The molecule has 5 nitrogen and oxygen atoms in total. The van der Waals surface area contributed by atoms with Crippen molar-refractivity contribution < 1.29 is 9.90 Å². The molecule has 1 rings (SSSR count). The van der Waals surface area contributed by atoms with Crippen molar-refractivity contribution in [3.8, 4) is 0 Å². The zero-order chi connectivity index (χ0) is 14.8. The van der Waals surface area contributed by atoms with Gasteiger partial charge in [-0.1, -0.05) is 6.08 Å². The van der Waals surface area contributed by atoms with Gasteiger partial charge in [0.2, 0.25) is 5.91 Å². The maximum atomic E-state index is 11.6. The van der Waals surface area contributed by atoms with Crippen LogP contribution in [0.5, 0.6) is 0 Å². The van der Waals surface area contributed by atoms with Crippen molar-refractivity contribution in [2.45, 2.75) is 6.92 Å². The molecule has 0 bridgehead atoms. The highest BCUT2D eigenvalue weighted by atomic mass is 16.3. The normalized spacial score (nSPS) is 10.1. The molecule has 0 saturated carbocycles. The second-order valence-electron chi connectivity index (χ2n) is 4.32. The van der Waals surface area contributed by atoms with Crippen molar-refractivity contribution in [3.63, 3.8) is 0 Å². The first-order valence-corrected chi connectivity index (χ1v) is 6.78. The highest BCUT2D eigenvalue weighted by Gasteiger charge is 2.05. The number of benzene rings is 1. The molecule has 110 valence electrons. The third kappa shape index (κ3) is 5.42. The molecule has 1 aromatic rings. The number of anilines is 2. The van der Waals surface area contributed by atoms with Crippen molar-refractivity contribution in [2.24, 2.45) is 0 Å². The van der Waals surface area contributed by atoms with E-state index >= 15 is 0 Å². The lowest BCUT2D eigenvalue weighted by Crippen LogP contribution is -2.28. The largest absolute Gasteiger partial charge is 0.395 e. The Morgan fingerprint density at radius 3 is 2.65 bits per heavy atom. The smallest absolute Gasteiger partial charge is 0.238 e. The van der Waals surface area contributed by atoms with Crippen LogP contribution in [0, 0.1) is 0 Å². The average molecular weight is 277 g/mol. The fourth-order valence-electron chi connectivity index (χ4n) is 1.84. The molecule has 0 radical (unpaired) electrons. The molecule has 5 heteroatoms. The summed E-state index contributed by atoms with van der Waals surface area (Å²) in [5.74, 6) is -0.0812. The number of likely N-dealkylation sites (N-methyl/N-ethyl adjacent to an activating group) is 1. The number of carbonyl (C=O) groups excluding carboxylic acids is 1. The number of hydrogen-bond acceptors (Lipinski definition) is 4. The van der Waals surface area contributed by atoms with Gasteiger partial charge >= 0.3 is 0 Å². The van der Waals surface area contributed by atoms with Crippen LogP contribution < -0.4 is 15.5 Å². The molecular formula is C15H23N3O2. The fourth-order valence-corrected chi connectivity index (χ4v) is 1.84. The van der Waals surface area contributed by atoms with Crippen molar-refractivity contribution in [3.05, 3.63) is 36.9 Å². The van der Waals surface area contributed by atoms with Crippen LogP contribution in [0.4, 0.5) is 11.4 Å². The number of aliphatic hydroxyl groups is 1. The van der Waals surface area contributed by atoms with Gasteiger partial charge in [-0.2, -0.15) is 0 Å². The number of nitrogens with one attached hydrogen (secondary N) is 2. The van der Waals surface area contributed by atoms with E-state index in [1.54, 1.807) is 6.08 Å². The second kappa shape index (κ2) is 9.12. The van der Waals surface area contributed by atoms with Crippen LogP contribution in [0.3, 0.4) is 0 Å². The Labute approximate surface area is 120 Å². The number of nitrogens with zero attached hydrogens (tertiary/aromatic N) is 1. The van der Waals surface area contributed by atoms with Gasteiger partial charge in [0, 0.05) is 31.0 Å². The van der Waals surface area contributed by atoms with Gasteiger partial charge in [0.05, 0.1) is 13.2 Å². The van der Waals surface area contributed by atoms with E-state index in [0.717, 1.165) is 17.9 Å². The highest BCUT2D eigenvalue weighted by Crippen LogP contribution is 2.17. The topological polar surface area (TPSA) is 64.6 Å². The maximum Gasteiger partial charge on any atom is 0.238 e. The molecule has 20 heavy (non-hydrogen) atoms. The SMILES string of the molecule is C=CCNCC(=O)Nc1ccc(N(CC)CCO)cc1. The van der Waals surface area contributed by atoms with E-state index in [-0.39, 0.29) is 19.1 Å².